The van der Waals surface area contributed by atoms with E-state index in [9.17, 15) is 9.90 Å². The van der Waals surface area contributed by atoms with Gasteiger partial charge in [-0.15, -0.1) is 0 Å². The molecule has 7 heteroatoms. The zero-order chi connectivity index (χ0) is 16.9. The highest BCUT2D eigenvalue weighted by Gasteiger charge is 2.26. The summed E-state index contributed by atoms with van der Waals surface area (Å²) in [4.78, 5) is 24.8. The molecule has 24 heavy (non-hydrogen) atoms. The van der Waals surface area contributed by atoms with E-state index in [0.717, 1.165) is 63.4 Å². The maximum atomic E-state index is 11.6. The zero-order valence-electron chi connectivity index (χ0n) is 14.4. The molecule has 132 valence electrons. The number of rotatable bonds is 7. The number of aliphatic hydroxyl groups excluding tert-OH is 1. The Morgan fingerprint density at radius 3 is 2.96 bits per heavy atom. The van der Waals surface area contributed by atoms with Crippen molar-refractivity contribution in [1.29, 1.82) is 0 Å². The molecule has 1 aromatic rings. The highest BCUT2D eigenvalue weighted by Crippen LogP contribution is 2.23. The van der Waals surface area contributed by atoms with Gasteiger partial charge in [0, 0.05) is 44.4 Å². The lowest BCUT2D eigenvalue weighted by Crippen LogP contribution is -2.33. The normalized spacial score (nSPS) is 20.9. The van der Waals surface area contributed by atoms with Crippen LogP contribution in [0.25, 0.3) is 0 Å². The van der Waals surface area contributed by atoms with Gasteiger partial charge in [0.25, 0.3) is 0 Å². The minimum absolute atomic E-state index is 0.126. The first-order chi connectivity index (χ1) is 11.7. The first-order valence-electron chi connectivity index (χ1n) is 8.92. The van der Waals surface area contributed by atoms with Crippen molar-refractivity contribution in [2.24, 2.45) is 0 Å². The van der Waals surface area contributed by atoms with Crippen LogP contribution in [0.1, 0.15) is 37.8 Å². The van der Waals surface area contributed by atoms with Crippen molar-refractivity contribution in [3.63, 3.8) is 0 Å². The van der Waals surface area contributed by atoms with Crippen LogP contribution in [0.2, 0.25) is 0 Å². The van der Waals surface area contributed by atoms with Crippen LogP contribution < -0.4 is 10.2 Å². The summed E-state index contributed by atoms with van der Waals surface area (Å²) >= 11 is 0. The molecule has 0 spiro atoms. The van der Waals surface area contributed by atoms with Gasteiger partial charge in [-0.3, -0.25) is 4.79 Å². The highest BCUT2D eigenvalue weighted by molar-refractivity contribution is 5.78. The van der Waals surface area contributed by atoms with Crippen LogP contribution in [-0.2, 0) is 4.79 Å². The second-order valence-corrected chi connectivity index (χ2v) is 6.63. The Labute approximate surface area is 143 Å². The van der Waals surface area contributed by atoms with Crippen molar-refractivity contribution < 1.29 is 9.90 Å². The van der Waals surface area contributed by atoms with Gasteiger partial charge in [-0.1, -0.05) is 0 Å². The molecule has 1 atom stereocenters. The smallest absolute Gasteiger partial charge is 0.227 e. The van der Waals surface area contributed by atoms with Crippen molar-refractivity contribution in [2.75, 3.05) is 43.0 Å². The Hall–Kier alpha value is -1.89. The highest BCUT2D eigenvalue weighted by atomic mass is 16.3. The summed E-state index contributed by atoms with van der Waals surface area (Å²) in [6.07, 6.45) is 4.65. The first-order valence-corrected chi connectivity index (χ1v) is 8.92. The fourth-order valence-corrected chi connectivity index (χ4v) is 3.49. The SMILES string of the molecule is Cc1cc(NCCCN2CCCC2=O)nc(N2CCCC2CO)n1. The molecule has 0 bridgehead atoms. The average molecular weight is 333 g/mol. The van der Waals surface area contributed by atoms with Crippen LogP contribution in [0, 0.1) is 6.92 Å². The number of hydrogen-bond donors (Lipinski definition) is 2. The molecule has 2 fully saturated rings. The largest absolute Gasteiger partial charge is 0.394 e. The van der Waals surface area contributed by atoms with Crippen molar-refractivity contribution in [2.45, 2.75) is 45.1 Å². The Balaban J connectivity index is 1.54. The van der Waals surface area contributed by atoms with E-state index in [-0.39, 0.29) is 18.6 Å². The summed E-state index contributed by atoms with van der Waals surface area (Å²) in [6, 6.07) is 2.06. The summed E-state index contributed by atoms with van der Waals surface area (Å²) in [5.41, 5.74) is 0.917. The Bertz CT molecular complexity index is 580. The molecule has 3 rings (SSSR count). The number of nitrogens with one attached hydrogen (secondary N) is 1. The van der Waals surface area contributed by atoms with Crippen LogP contribution in [0.5, 0.6) is 0 Å². The lowest BCUT2D eigenvalue weighted by molar-refractivity contribution is -0.127. The molecule has 7 nitrogen and oxygen atoms in total. The number of aryl methyl sites for hydroxylation is 1. The number of carbonyl (C=O) groups excluding carboxylic acids is 1. The van der Waals surface area contributed by atoms with Gasteiger partial charge < -0.3 is 20.2 Å². The number of aliphatic hydroxyl groups is 1. The maximum Gasteiger partial charge on any atom is 0.227 e. The fourth-order valence-electron chi connectivity index (χ4n) is 3.49. The number of hydrogen-bond acceptors (Lipinski definition) is 6. The van der Waals surface area contributed by atoms with E-state index in [4.69, 9.17) is 0 Å². The summed E-state index contributed by atoms with van der Waals surface area (Å²) < 4.78 is 0. The number of carbonyl (C=O) groups is 1. The van der Waals surface area contributed by atoms with E-state index in [1.165, 1.54) is 0 Å². The lowest BCUT2D eigenvalue weighted by Gasteiger charge is -2.23. The monoisotopic (exact) mass is 333 g/mol. The second-order valence-electron chi connectivity index (χ2n) is 6.63. The second kappa shape index (κ2) is 7.79. The van der Waals surface area contributed by atoms with Gasteiger partial charge in [0.15, 0.2) is 0 Å². The summed E-state index contributed by atoms with van der Waals surface area (Å²) in [5, 5.41) is 12.8. The van der Waals surface area contributed by atoms with Crippen LogP contribution in [-0.4, -0.2) is 64.7 Å². The zero-order valence-corrected chi connectivity index (χ0v) is 14.4. The molecule has 0 aliphatic carbocycles. The molecule has 1 aromatic heterocycles. The fraction of sp³-hybridized carbons (Fsp3) is 0.706. The lowest BCUT2D eigenvalue weighted by atomic mass is 10.2. The Morgan fingerprint density at radius 2 is 2.21 bits per heavy atom. The molecule has 1 amide bonds. The standard InChI is InChI=1S/C17H27N5O2/c1-13-11-15(18-7-4-9-21-8-3-6-16(21)24)20-17(19-13)22-10-2-5-14(22)12-23/h11,14,23H,2-10,12H2,1H3,(H,18,19,20). The Kier molecular flexibility index (Phi) is 5.50. The van der Waals surface area contributed by atoms with Gasteiger partial charge in [-0.25, -0.2) is 4.98 Å². The van der Waals surface area contributed by atoms with Crippen LogP contribution in [0.15, 0.2) is 6.07 Å². The average Bonchev–Trinajstić information content (AvgIpc) is 3.20. The van der Waals surface area contributed by atoms with E-state index >= 15 is 0 Å². The predicted molar refractivity (Wildman–Crippen MR) is 93.1 cm³/mol. The molecule has 2 aliphatic heterocycles. The van der Waals surface area contributed by atoms with Crippen LogP contribution >= 0.6 is 0 Å². The minimum Gasteiger partial charge on any atom is -0.394 e. The van der Waals surface area contributed by atoms with E-state index in [1.807, 2.05) is 17.9 Å². The predicted octanol–water partition coefficient (Wildman–Crippen LogP) is 1.17. The van der Waals surface area contributed by atoms with E-state index in [2.05, 4.69) is 20.2 Å². The number of amides is 1. The molecule has 0 saturated carbocycles. The number of nitrogens with zero attached hydrogens (tertiary/aromatic N) is 4. The maximum absolute atomic E-state index is 11.6. The quantitative estimate of drug-likeness (QED) is 0.729. The molecule has 0 radical (unpaired) electrons. The van der Waals surface area contributed by atoms with E-state index in [0.29, 0.717) is 12.4 Å². The topological polar surface area (TPSA) is 81.6 Å². The van der Waals surface area contributed by atoms with E-state index < -0.39 is 0 Å². The minimum atomic E-state index is 0.126. The number of likely N-dealkylation sites (tertiary alicyclic amines) is 1. The Morgan fingerprint density at radius 1 is 1.33 bits per heavy atom. The third-order valence-corrected chi connectivity index (χ3v) is 4.77. The summed E-state index contributed by atoms with van der Waals surface area (Å²) in [6.45, 7) is 5.48. The molecule has 2 aliphatic rings. The van der Waals surface area contributed by atoms with Crippen molar-refractivity contribution in [3.05, 3.63) is 11.8 Å². The van der Waals surface area contributed by atoms with Gasteiger partial charge in [0.05, 0.1) is 12.6 Å². The van der Waals surface area contributed by atoms with Crippen LogP contribution in [0.3, 0.4) is 0 Å². The van der Waals surface area contributed by atoms with Gasteiger partial charge in [0.1, 0.15) is 5.82 Å². The molecular weight excluding hydrogens is 306 g/mol. The van der Waals surface area contributed by atoms with Crippen molar-refractivity contribution in [1.82, 2.24) is 14.9 Å². The first kappa shape index (κ1) is 17.0. The molecular formula is C17H27N5O2. The van der Waals surface area contributed by atoms with Gasteiger partial charge in [-0.05, 0) is 32.6 Å². The third-order valence-electron chi connectivity index (χ3n) is 4.77. The van der Waals surface area contributed by atoms with Gasteiger partial charge in [-0.2, -0.15) is 4.98 Å². The molecule has 2 N–H and O–H groups in total. The number of anilines is 2. The van der Waals surface area contributed by atoms with Gasteiger partial charge in [0.2, 0.25) is 11.9 Å². The summed E-state index contributed by atoms with van der Waals surface area (Å²) in [5.74, 6) is 1.79. The van der Waals surface area contributed by atoms with Crippen molar-refractivity contribution in [3.8, 4) is 0 Å². The summed E-state index contributed by atoms with van der Waals surface area (Å²) in [7, 11) is 0. The van der Waals surface area contributed by atoms with Crippen LogP contribution in [0.4, 0.5) is 11.8 Å². The van der Waals surface area contributed by atoms with E-state index in [1.54, 1.807) is 0 Å². The molecule has 3 heterocycles. The molecule has 1 unspecified atom stereocenters. The molecule has 2 saturated heterocycles. The number of aromatic nitrogens is 2. The van der Waals surface area contributed by atoms with Gasteiger partial charge >= 0.3 is 0 Å². The molecule has 0 aromatic carbocycles. The third kappa shape index (κ3) is 3.95. The van der Waals surface area contributed by atoms with Crippen molar-refractivity contribution >= 4 is 17.7 Å².